The molecule has 0 fully saturated rings. The fraction of sp³-hybridized carbons (Fsp3) is 0.188. The monoisotopic (exact) mass is 251 g/mol. The van der Waals surface area contributed by atoms with Crippen molar-refractivity contribution in [3.8, 4) is 0 Å². The van der Waals surface area contributed by atoms with Crippen molar-refractivity contribution in [2.24, 2.45) is 5.73 Å². The van der Waals surface area contributed by atoms with Gasteiger partial charge in [-0.1, -0.05) is 42.5 Å². The molecule has 96 valence electrons. The van der Waals surface area contributed by atoms with Crippen molar-refractivity contribution in [3.63, 3.8) is 0 Å². The first kappa shape index (κ1) is 11.8. The Kier molecular flexibility index (Phi) is 2.95. The first-order valence-corrected chi connectivity index (χ1v) is 6.52. The van der Waals surface area contributed by atoms with Crippen molar-refractivity contribution in [2.45, 2.75) is 19.4 Å². The fourth-order valence-electron chi connectivity index (χ4n) is 2.68. The number of benzene rings is 2. The molecule has 1 heterocycles. The molecule has 3 nitrogen and oxygen atoms in total. The highest BCUT2D eigenvalue weighted by Crippen LogP contribution is 2.27. The summed E-state index contributed by atoms with van der Waals surface area (Å²) in [5.74, 6) is 0.101. The Bertz CT molecular complexity index is 619. The highest BCUT2D eigenvalue weighted by Gasteiger charge is 2.18. The number of nitrogens with one attached hydrogen (secondary N) is 1. The van der Waals surface area contributed by atoms with Gasteiger partial charge in [-0.25, -0.2) is 0 Å². The van der Waals surface area contributed by atoms with Crippen LogP contribution in [0.5, 0.6) is 0 Å². The number of nitrogens with two attached hydrogens (primary N) is 1. The van der Waals surface area contributed by atoms with E-state index in [0.29, 0.717) is 6.54 Å². The van der Waals surface area contributed by atoms with Crippen LogP contribution in [0.4, 0.5) is 5.69 Å². The van der Waals surface area contributed by atoms with Gasteiger partial charge in [0.2, 0.25) is 0 Å². The molecule has 3 rings (SSSR count). The molecule has 3 N–H and O–H groups in total. The minimum atomic E-state index is 0.101. The molecule has 1 aliphatic heterocycles. The van der Waals surface area contributed by atoms with E-state index < -0.39 is 0 Å². The van der Waals surface area contributed by atoms with Gasteiger partial charge in [-0.3, -0.25) is 5.41 Å². The smallest absolute Gasteiger partial charge is 0.193 e. The number of fused-ring (bicyclic) bond motifs is 2. The number of hydrogen-bond donors (Lipinski definition) is 2. The predicted molar refractivity (Wildman–Crippen MR) is 78.4 cm³/mol. The molecule has 0 aromatic heterocycles. The fourth-order valence-corrected chi connectivity index (χ4v) is 2.68. The van der Waals surface area contributed by atoms with Crippen LogP contribution in [0.2, 0.25) is 0 Å². The second-order valence-corrected chi connectivity index (χ2v) is 4.87. The number of anilines is 1. The van der Waals surface area contributed by atoms with Gasteiger partial charge in [-0.05, 0) is 35.6 Å². The lowest BCUT2D eigenvalue weighted by molar-refractivity contribution is 0.867. The normalized spacial score (nSPS) is 14.0. The Morgan fingerprint density at radius 2 is 1.47 bits per heavy atom. The molecule has 2 aromatic rings. The van der Waals surface area contributed by atoms with Crippen LogP contribution in [0.25, 0.3) is 0 Å². The quantitative estimate of drug-likeness (QED) is 0.558. The zero-order valence-electron chi connectivity index (χ0n) is 10.8. The van der Waals surface area contributed by atoms with Crippen LogP contribution in [0.15, 0.2) is 48.5 Å². The average molecular weight is 251 g/mol. The lowest BCUT2D eigenvalue weighted by atomic mass is 9.95. The second kappa shape index (κ2) is 4.76. The molecule has 0 atom stereocenters. The molecule has 2 aromatic carbocycles. The summed E-state index contributed by atoms with van der Waals surface area (Å²) in [5, 5.41) is 7.83. The second-order valence-electron chi connectivity index (χ2n) is 4.87. The topological polar surface area (TPSA) is 53.1 Å². The van der Waals surface area contributed by atoms with E-state index in [-0.39, 0.29) is 5.96 Å². The van der Waals surface area contributed by atoms with Gasteiger partial charge in [0.15, 0.2) is 5.96 Å². The largest absolute Gasteiger partial charge is 0.370 e. The van der Waals surface area contributed by atoms with Crippen molar-refractivity contribution in [2.75, 3.05) is 4.90 Å². The summed E-state index contributed by atoms with van der Waals surface area (Å²) in [7, 11) is 0. The molecular formula is C16H17N3. The first-order chi connectivity index (χ1) is 9.25. The highest BCUT2D eigenvalue weighted by atomic mass is 15.2. The molecule has 19 heavy (non-hydrogen) atoms. The third-order valence-corrected chi connectivity index (χ3v) is 3.68. The Hall–Kier alpha value is -2.29. The number of para-hydroxylation sites is 1. The molecule has 0 radical (unpaired) electrons. The number of rotatable bonds is 0. The molecule has 0 aliphatic carbocycles. The SMILES string of the molecule is N=C(N)N1Cc2ccccc2CCc2ccccc21. The van der Waals surface area contributed by atoms with Crippen molar-refractivity contribution in [1.29, 1.82) is 5.41 Å². The zero-order chi connectivity index (χ0) is 13.2. The maximum absolute atomic E-state index is 7.83. The van der Waals surface area contributed by atoms with Crippen LogP contribution >= 0.6 is 0 Å². The minimum Gasteiger partial charge on any atom is -0.370 e. The highest BCUT2D eigenvalue weighted by molar-refractivity contribution is 5.93. The van der Waals surface area contributed by atoms with Gasteiger partial charge in [0.1, 0.15) is 0 Å². The average Bonchev–Trinajstić information content (AvgIpc) is 2.41. The van der Waals surface area contributed by atoms with Gasteiger partial charge in [-0.2, -0.15) is 0 Å². The maximum atomic E-state index is 7.83. The van der Waals surface area contributed by atoms with Crippen LogP contribution in [-0.4, -0.2) is 5.96 Å². The van der Waals surface area contributed by atoms with Crippen LogP contribution in [0, 0.1) is 5.41 Å². The summed E-state index contributed by atoms with van der Waals surface area (Å²) in [5.41, 5.74) is 10.7. The van der Waals surface area contributed by atoms with E-state index in [4.69, 9.17) is 11.1 Å². The minimum absolute atomic E-state index is 0.101. The Balaban J connectivity index is 2.09. The number of hydrogen-bond acceptors (Lipinski definition) is 1. The zero-order valence-corrected chi connectivity index (χ0v) is 10.8. The van der Waals surface area contributed by atoms with E-state index in [1.54, 1.807) is 0 Å². The summed E-state index contributed by atoms with van der Waals surface area (Å²) in [6.07, 6.45) is 2.02. The van der Waals surface area contributed by atoms with Crippen molar-refractivity contribution in [1.82, 2.24) is 0 Å². The lowest BCUT2D eigenvalue weighted by Crippen LogP contribution is -2.37. The van der Waals surface area contributed by atoms with Gasteiger partial charge in [0.25, 0.3) is 0 Å². The molecule has 0 saturated carbocycles. The van der Waals surface area contributed by atoms with E-state index in [9.17, 15) is 0 Å². The molecule has 0 saturated heterocycles. The standard InChI is InChI=1S/C16H17N3/c17-16(18)19-11-14-7-2-1-5-12(14)9-10-13-6-3-4-8-15(13)19/h1-8H,9-11H2,(H3,17,18). The molecule has 0 spiro atoms. The summed E-state index contributed by atoms with van der Waals surface area (Å²) < 4.78 is 0. The summed E-state index contributed by atoms with van der Waals surface area (Å²) in [4.78, 5) is 1.88. The van der Waals surface area contributed by atoms with Crippen LogP contribution in [-0.2, 0) is 19.4 Å². The van der Waals surface area contributed by atoms with Crippen LogP contribution in [0.1, 0.15) is 16.7 Å². The van der Waals surface area contributed by atoms with E-state index in [2.05, 4.69) is 24.3 Å². The number of nitrogens with zero attached hydrogens (tertiary/aromatic N) is 1. The van der Waals surface area contributed by atoms with E-state index in [1.165, 1.54) is 16.7 Å². The van der Waals surface area contributed by atoms with E-state index in [1.807, 2.05) is 29.2 Å². The van der Waals surface area contributed by atoms with Gasteiger partial charge in [-0.15, -0.1) is 0 Å². The van der Waals surface area contributed by atoms with E-state index >= 15 is 0 Å². The van der Waals surface area contributed by atoms with Gasteiger partial charge in [0, 0.05) is 5.69 Å². The summed E-state index contributed by atoms with van der Waals surface area (Å²) in [6, 6.07) is 16.6. The van der Waals surface area contributed by atoms with Crippen LogP contribution < -0.4 is 10.6 Å². The Morgan fingerprint density at radius 3 is 2.21 bits per heavy atom. The molecule has 0 amide bonds. The van der Waals surface area contributed by atoms with Gasteiger partial charge >= 0.3 is 0 Å². The summed E-state index contributed by atoms with van der Waals surface area (Å²) in [6.45, 7) is 0.669. The van der Waals surface area contributed by atoms with Crippen molar-refractivity contribution < 1.29 is 0 Å². The maximum Gasteiger partial charge on any atom is 0.193 e. The Labute approximate surface area is 113 Å². The third kappa shape index (κ3) is 2.19. The Morgan fingerprint density at radius 1 is 0.895 bits per heavy atom. The van der Waals surface area contributed by atoms with Crippen LogP contribution in [0.3, 0.4) is 0 Å². The van der Waals surface area contributed by atoms with Crippen molar-refractivity contribution in [3.05, 3.63) is 65.2 Å². The van der Waals surface area contributed by atoms with Crippen molar-refractivity contribution >= 4 is 11.6 Å². The molecular weight excluding hydrogens is 234 g/mol. The van der Waals surface area contributed by atoms with Gasteiger partial charge in [0.05, 0.1) is 6.54 Å². The first-order valence-electron chi connectivity index (χ1n) is 6.52. The van der Waals surface area contributed by atoms with E-state index in [0.717, 1.165) is 18.5 Å². The third-order valence-electron chi connectivity index (χ3n) is 3.68. The molecule has 0 bridgehead atoms. The van der Waals surface area contributed by atoms with Gasteiger partial charge < -0.3 is 10.6 Å². The number of aryl methyl sites for hydroxylation is 2. The number of guanidine groups is 1. The predicted octanol–water partition coefficient (Wildman–Crippen LogP) is 2.69. The molecule has 3 heteroatoms. The molecule has 0 unspecified atom stereocenters. The lowest BCUT2D eigenvalue weighted by Gasteiger charge is -2.28. The molecule has 1 aliphatic rings. The summed E-state index contributed by atoms with van der Waals surface area (Å²) >= 11 is 0.